The Hall–Kier alpha value is -2.21. The molecule has 0 bridgehead atoms. The van der Waals surface area contributed by atoms with Gasteiger partial charge in [-0.05, 0) is 43.1 Å². The van der Waals surface area contributed by atoms with Gasteiger partial charge in [-0.25, -0.2) is 9.07 Å². The molecule has 1 aliphatic rings. The lowest BCUT2D eigenvalue weighted by Gasteiger charge is -2.24. The van der Waals surface area contributed by atoms with Gasteiger partial charge in [0.2, 0.25) is 5.91 Å². The van der Waals surface area contributed by atoms with E-state index in [0.29, 0.717) is 12.3 Å². The molecule has 1 N–H and O–H groups in total. The number of carbonyl (C=O) groups is 1. The Labute approximate surface area is 154 Å². The summed E-state index contributed by atoms with van der Waals surface area (Å²) in [7, 11) is 1.86. The van der Waals surface area contributed by atoms with Crippen LogP contribution in [0.15, 0.2) is 36.7 Å². The molecule has 6 heteroatoms. The van der Waals surface area contributed by atoms with Gasteiger partial charge in [0.05, 0.1) is 17.9 Å². The van der Waals surface area contributed by atoms with Gasteiger partial charge in [-0.1, -0.05) is 13.8 Å². The van der Waals surface area contributed by atoms with Gasteiger partial charge >= 0.3 is 0 Å². The van der Waals surface area contributed by atoms with Gasteiger partial charge in [-0.2, -0.15) is 5.10 Å². The maximum atomic E-state index is 13.1. The molecular formula is C20H27FN4O. The maximum absolute atomic E-state index is 13.1. The lowest BCUT2D eigenvalue weighted by atomic mass is 9.95. The van der Waals surface area contributed by atoms with E-state index in [0.717, 1.165) is 30.8 Å². The van der Waals surface area contributed by atoms with Crippen molar-refractivity contribution >= 4 is 5.91 Å². The van der Waals surface area contributed by atoms with Crippen molar-refractivity contribution in [2.45, 2.75) is 32.7 Å². The molecule has 26 heavy (non-hydrogen) atoms. The molecule has 0 aliphatic carbocycles. The molecular weight excluding hydrogens is 331 g/mol. The molecule has 0 unspecified atom stereocenters. The van der Waals surface area contributed by atoms with Gasteiger partial charge < -0.3 is 10.2 Å². The van der Waals surface area contributed by atoms with Gasteiger partial charge in [0.1, 0.15) is 5.82 Å². The molecule has 1 amide bonds. The van der Waals surface area contributed by atoms with Crippen LogP contribution in [-0.2, 0) is 4.79 Å². The normalized spacial score (nSPS) is 20.3. The Morgan fingerprint density at radius 2 is 2.04 bits per heavy atom. The molecule has 1 saturated heterocycles. The van der Waals surface area contributed by atoms with E-state index >= 15 is 0 Å². The Morgan fingerprint density at radius 1 is 1.31 bits per heavy atom. The van der Waals surface area contributed by atoms with E-state index in [1.165, 1.54) is 12.1 Å². The first kappa shape index (κ1) is 18.6. The third kappa shape index (κ3) is 4.12. The summed E-state index contributed by atoms with van der Waals surface area (Å²) in [6.07, 6.45) is 5.43. The first-order valence-corrected chi connectivity index (χ1v) is 9.22. The van der Waals surface area contributed by atoms with E-state index in [9.17, 15) is 9.18 Å². The van der Waals surface area contributed by atoms with E-state index in [2.05, 4.69) is 24.3 Å². The second kappa shape index (κ2) is 7.99. The van der Waals surface area contributed by atoms with Crippen molar-refractivity contribution in [2.75, 3.05) is 20.1 Å². The predicted molar refractivity (Wildman–Crippen MR) is 99.5 cm³/mol. The summed E-state index contributed by atoms with van der Waals surface area (Å²) >= 11 is 0. The maximum Gasteiger partial charge on any atom is 0.223 e. The van der Waals surface area contributed by atoms with Gasteiger partial charge in [0.15, 0.2) is 0 Å². The summed E-state index contributed by atoms with van der Waals surface area (Å²) in [5.41, 5.74) is 1.81. The number of benzene rings is 1. The highest BCUT2D eigenvalue weighted by Gasteiger charge is 2.38. The summed E-state index contributed by atoms with van der Waals surface area (Å²) in [5, 5.41) is 7.91. The molecule has 1 aromatic carbocycles. The molecule has 0 spiro atoms. The minimum absolute atomic E-state index is 0.0169. The number of aromatic nitrogens is 2. The molecule has 2 atom stereocenters. The standard InChI is InChI=1S/C20H27FN4O/c1-14(2)8-9-22-11-15-10-19(26)24(3)20(15)16-12-23-25(13-16)18-6-4-17(21)5-7-18/h4-7,12-15,20,22H,8-11H2,1-3H3/t15-,20+/m0/s1. The fraction of sp³-hybridized carbons (Fsp3) is 0.500. The highest BCUT2D eigenvalue weighted by atomic mass is 19.1. The van der Waals surface area contributed by atoms with Crippen molar-refractivity contribution < 1.29 is 9.18 Å². The van der Waals surface area contributed by atoms with Gasteiger partial charge in [-0.3, -0.25) is 4.79 Å². The number of hydrogen-bond acceptors (Lipinski definition) is 3. The topological polar surface area (TPSA) is 50.2 Å². The number of nitrogens with one attached hydrogen (secondary N) is 1. The largest absolute Gasteiger partial charge is 0.338 e. The minimum atomic E-state index is -0.269. The van der Waals surface area contributed by atoms with Crippen LogP contribution in [0.4, 0.5) is 4.39 Å². The second-order valence-electron chi connectivity index (χ2n) is 7.49. The van der Waals surface area contributed by atoms with Gasteiger partial charge in [-0.15, -0.1) is 0 Å². The van der Waals surface area contributed by atoms with Crippen LogP contribution < -0.4 is 5.32 Å². The van der Waals surface area contributed by atoms with Crippen molar-refractivity contribution in [3.8, 4) is 5.69 Å². The van der Waals surface area contributed by atoms with Crippen LogP contribution in [0.2, 0.25) is 0 Å². The van der Waals surface area contributed by atoms with Gasteiger partial charge in [0, 0.05) is 37.7 Å². The average Bonchev–Trinajstić information content (AvgIpc) is 3.18. The Morgan fingerprint density at radius 3 is 2.73 bits per heavy atom. The first-order chi connectivity index (χ1) is 12.5. The summed E-state index contributed by atoms with van der Waals surface area (Å²) in [6.45, 7) is 6.20. The molecule has 1 aliphatic heterocycles. The van der Waals surface area contributed by atoms with Gasteiger partial charge in [0.25, 0.3) is 0 Å². The van der Waals surface area contributed by atoms with Crippen LogP contribution in [0, 0.1) is 17.7 Å². The number of halogens is 1. The number of rotatable bonds is 7. The fourth-order valence-corrected chi connectivity index (χ4v) is 3.53. The smallest absolute Gasteiger partial charge is 0.223 e. The summed E-state index contributed by atoms with van der Waals surface area (Å²) in [4.78, 5) is 14.1. The molecule has 2 heterocycles. The molecule has 1 fully saturated rings. The number of nitrogens with zero attached hydrogens (tertiary/aromatic N) is 3. The number of amides is 1. The SMILES string of the molecule is CC(C)CCNC[C@@H]1CC(=O)N(C)[C@H]1c1cnn(-c2ccc(F)cc2)c1. The quantitative estimate of drug-likeness (QED) is 0.774. The molecule has 5 nitrogen and oxygen atoms in total. The zero-order chi connectivity index (χ0) is 18.7. The van der Waals surface area contributed by atoms with Crippen LogP contribution >= 0.6 is 0 Å². The van der Waals surface area contributed by atoms with E-state index in [-0.39, 0.29) is 23.7 Å². The number of carbonyl (C=O) groups excluding carboxylic acids is 1. The Bertz CT molecular complexity index is 741. The minimum Gasteiger partial charge on any atom is -0.338 e. The monoisotopic (exact) mass is 358 g/mol. The summed E-state index contributed by atoms with van der Waals surface area (Å²) in [5.74, 6) is 0.792. The third-order valence-electron chi connectivity index (χ3n) is 5.03. The molecule has 0 saturated carbocycles. The Balaban J connectivity index is 1.72. The highest BCUT2D eigenvalue weighted by molar-refractivity contribution is 5.79. The predicted octanol–water partition coefficient (Wildman–Crippen LogP) is 3.17. The van der Waals surface area contributed by atoms with Crippen molar-refractivity contribution in [2.24, 2.45) is 11.8 Å². The summed E-state index contributed by atoms with van der Waals surface area (Å²) < 4.78 is 14.8. The average molecular weight is 358 g/mol. The molecule has 0 radical (unpaired) electrons. The lowest BCUT2D eigenvalue weighted by Crippen LogP contribution is -2.29. The van der Waals surface area contributed by atoms with E-state index in [1.54, 1.807) is 16.8 Å². The van der Waals surface area contributed by atoms with Crippen molar-refractivity contribution in [1.29, 1.82) is 0 Å². The van der Waals surface area contributed by atoms with Crippen LogP contribution in [0.5, 0.6) is 0 Å². The van der Waals surface area contributed by atoms with E-state index in [1.807, 2.05) is 24.3 Å². The van der Waals surface area contributed by atoms with Crippen LogP contribution in [0.25, 0.3) is 5.69 Å². The van der Waals surface area contributed by atoms with Crippen molar-refractivity contribution in [1.82, 2.24) is 20.0 Å². The van der Waals surface area contributed by atoms with Crippen LogP contribution in [0.3, 0.4) is 0 Å². The van der Waals surface area contributed by atoms with E-state index in [4.69, 9.17) is 0 Å². The molecule has 140 valence electrons. The summed E-state index contributed by atoms with van der Waals surface area (Å²) in [6, 6.07) is 6.25. The number of likely N-dealkylation sites (tertiary alicyclic amines) is 1. The highest BCUT2D eigenvalue weighted by Crippen LogP contribution is 2.36. The molecule has 3 rings (SSSR count). The zero-order valence-corrected chi connectivity index (χ0v) is 15.7. The number of hydrogen-bond donors (Lipinski definition) is 1. The fourth-order valence-electron chi connectivity index (χ4n) is 3.53. The van der Waals surface area contributed by atoms with Crippen molar-refractivity contribution in [3.63, 3.8) is 0 Å². The van der Waals surface area contributed by atoms with Crippen LogP contribution in [-0.4, -0.2) is 40.7 Å². The second-order valence-corrected chi connectivity index (χ2v) is 7.49. The van der Waals surface area contributed by atoms with E-state index < -0.39 is 0 Å². The first-order valence-electron chi connectivity index (χ1n) is 9.22. The Kier molecular flexibility index (Phi) is 5.71. The molecule has 2 aromatic rings. The third-order valence-corrected chi connectivity index (χ3v) is 5.03. The molecule has 1 aromatic heterocycles. The lowest BCUT2D eigenvalue weighted by molar-refractivity contribution is -0.127. The zero-order valence-electron chi connectivity index (χ0n) is 15.7. The van der Waals surface area contributed by atoms with Crippen LogP contribution in [0.1, 0.15) is 38.3 Å². The van der Waals surface area contributed by atoms with Crippen molar-refractivity contribution in [3.05, 3.63) is 48.0 Å².